The summed E-state index contributed by atoms with van der Waals surface area (Å²) in [5.74, 6) is -2.18. The van der Waals surface area contributed by atoms with E-state index in [-0.39, 0.29) is 17.3 Å². The minimum atomic E-state index is -0.671. The van der Waals surface area contributed by atoms with E-state index in [1.807, 2.05) is 6.92 Å². The smallest absolute Gasteiger partial charge is 0.338 e. The van der Waals surface area contributed by atoms with Gasteiger partial charge in [0.15, 0.2) is 0 Å². The molecule has 4 rings (SSSR count). The third-order valence-corrected chi connectivity index (χ3v) is 6.25. The average Bonchev–Trinajstić information content (AvgIpc) is 3.09. The summed E-state index contributed by atoms with van der Waals surface area (Å²) < 4.78 is 4.98. The molecule has 8 nitrogen and oxygen atoms in total. The van der Waals surface area contributed by atoms with Crippen molar-refractivity contribution in [2.45, 2.75) is 13.8 Å². The number of amides is 3. The summed E-state index contributed by atoms with van der Waals surface area (Å²) in [6.07, 6.45) is 0. The van der Waals surface area contributed by atoms with E-state index >= 15 is 0 Å². The van der Waals surface area contributed by atoms with Crippen LogP contribution in [0.5, 0.6) is 0 Å². The van der Waals surface area contributed by atoms with E-state index in [2.05, 4.69) is 10.6 Å². The molecule has 37 heavy (non-hydrogen) atoms. The first-order valence-electron chi connectivity index (χ1n) is 11.2. The van der Waals surface area contributed by atoms with E-state index in [9.17, 15) is 19.2 Å². The van der Waals surface area contributed by atoms with E-state index in [4.69, 9.17) is 27.9 Å². The molecule has 0 atom stereocenters. The van der Waals surface area contributed by atoms with Gasteiger partial charge in [-0.05, 0) is 74.0 Å². The Morgan fingerprint density at radius 1 is 0.892 bits per heavy atom. The van der Waals surface area contributed by atoms with Crippen LogP contribution in [0.2, 0.25) is 5.02 Å². The lowest BCUT2D eigenvalue weighted by atomic mass is 10.1. The molecule has 3 aromatic rings. The molecule has 1 aliphatic rings. The summed E-state index contributed by atoms with van der Waals surface area (Å²) in [5.41, 5.74) is 2.55. The summed E-state index contributed by atoms with van der Waals surface area (Å²) in [4.78, 5) is 51.2. The Morgan fingerprint density at radius 2 is 1.62 bits per heavy atom. The molecule has 188 valence electrons. The predicted octanol–water partition coefficient (Wildman–Crippen LogP) is 5.51. The van der Waals surface area contributed by atoms with Crippen LogP contribution < -0.4 is 15.5 Å². The molecule has 0 aliphatic carbocycles. The number of benzene rings is 3. The second-order valence-electron chi connectivity index (χ2n) is 8.03. The molecule has 1 heterocycles. The topological polar surface area (TPSA) is 105 Å². The average molecular weight is 538 g/mol. The van der Waals surface area contributed by atoms with Gasteiger partial charge in [0.1, 0.15) is 10.7 Å². The summed E-state index contributed by atoms with van der Waals surface area (Å²) in [6.45, 7) is 3.77. The Kier molecular flexibility index (Phi) is 7.61. The first kappa shape index (κ1) is 25.9. The van der Waals surface area contributed by atoms with Gasteiger partial charge in [-0.15, -0.1) is 0 Å². The first-order valence-corrected chi connectivity index (χ1v) is 12.0. The summed E-state index contributed by atoms with van der Waals surface area (Å²) in [7, 11) is 0. The zero-order valence-electron chi connectivity index (χ0n) is 19.8. The molecule has 0 saturated carbocycles. The molecule has 0 spiro atoms. The molecule has 0 unspecified atom stereocenters. The molecular formula is C27H21Cl2N3O5. The van der Waals surface area contributed by atoms with Crippen LogP contribution in [0.3, 0.4) is 0 Å². The Morgan fingerprint density at radius 3 is 2.30 bits per heavy atom. The first-order chi connectivity index (χ1) is 17.7. The number of ether oxygens (including phenoxy) is 1. The van der Waals surface area contributed by atoms with Crippen molar-refractivity contribution in [3.8, 4) is 0 Å². The van der Waals surface area contributed by atoms with Crippen molar-refractivity contribution in [1.82, 2.24) is 0 Å². The summed E-state index contributed by atoms with van der Waals surface area (Å²) in [6, 6.07) is 17.5. The van der Waals surface area contributed by atoms with Crippen LogP contribution >= 0.6 is 23.2 Å². The van der Waals surface area contributed by atoms with Gasteiger partial charge in [0.25, 0.3) is 17.7 Å². The van der Waals surface area contributed by atoms with E-state index in [1.165, 1.54) is 12.1 Å². The van der Waals surface area contributed by atoms with Gasteiger partial charge in [-0.3, -0.25) is 14.4 Å². The van der Waals surface area contributed by atoms with Crippen molar-refractivity contribution in [2.24, 2.45) is 0 Å². The van der Waals surface area contributed by atoms with Gasteiger partial charge in [0, 0.05) is 22.0 Å². The molecular weight excluding hydrogens is 517 g/mol. The normalized spacial score (nSPS) is 13.1. The number of hydrogen-bond acceptors (Lipinski definition) is 6. The van der Waals surface area contributed by atoms with Crippen molar-refractivity contribution in [3.05, 3.63) is 99.2 Å². The highest BCUT2D eigenvalue weighted by molar-refractivity contribution is 6.53. The van der Waals surface area contributed by atoms with Crippen LogP contribution in [0.1, 0.15) is 33.2 Å². The van der Waals surface area contributed by atoms with Crippen molar-refractivity contribution < 1.29 is 23.9 Å². The number of rotatable bonds is 7. The number of imide groups is 1. The van der Waals surface area contributed by atoms with Gasteiger partial charge >= 0.3 is 5.97 Å². The van der Waals surface area contributed by atoms with Crippen LogP contribution in [0.15, 0.2) is 77.5 Å². The molecule has 0 aromatic heterocycles. The minimum Gasteiger partial charge on any atom is -0.462 e. The second kappa shape index (κ2) is 10.9. The van der Waals surface area contributed by atoms with Gasteiger partial charge in [-0.2, -0.15) is 0 Å². The third-order valence-electron chi connectivity index (χ3n) is 5.49. The zero-order chi connectivity index (χ0) is 26.7. The van der Waals surface area contributed by atoms with E-state index < -0.39 is 23.7 Å². The molecule has 0 saturated heterocycles. The second-order valence-corrected chi connectivity index (χ2v) is 8.81. The van der Waals surface area contributed by atoms with Gasteiger partial charge in [-0.1, -0.05) is 35.3 Å². The van der Waals surface area contributed by atoms with Crippen LogP contribution in [0.25, 0.3) is 0 Å². The number of halogens is 2. The molecule has 2 N–H and O–H groups in total. The number of hydrogen-bond donors (Lipinski definition) is 2. The Hall–Kier alpha value is -4.14. The predicted molar refractivity (Wildman–Crippen MR) is 142 cm³/mol. The fraction of sp³-hybridized carbons (Fsp3) is 0.111. The number of nitrogens with zero attached hydrogens (tertiary/aromatic N) is 1. The molecule has 10 heteroatoms. The van der Waals surface area contributed by atoms with Gasteiger partial charge in [0.05, 0.1) is 17.9 Å². The van der Waals surface area contributed by atoms with Crippen molar-refractivity contribution in [2.75, 3.05) is 22.1 Å². The Bertz CT molecular complexity index is 1450. The maximum atomic E-state index is 13.0. The number of anilines is 3. The highest BCUT2D eigenvalue weighted by Crippen LogP contribution is 2.32. The minimum absolute atomic E-state index is 0.0867. The highest BCUT2D eigenvalue weighted by Gasteiger charge is 2.39. The lowest BCUT2D eigenvalue weighted by molar-refractivity contribution is -0.120. The van der Waals surface area contributed by atoms with Crippen molar-refractivity contribution in [1.29, 1.82) is 0 Å². The molecule has 1 aliphatic heterocycles. The SMILES string of the molecule is CCOC(=O)c1cccc(NC(=O)c2ccc(NC3=C(Cl)C(=O)N(c4ccc(C)c(Cl)c4)C3=O)cc2)c1. The van der Waals surface area contributed by atoms with Crippen molar-refractivity contribution >= 4 is 64.0 Å². The molecule has 3 amide bonds. The Balaban J connectivity index is 1.45. The van der Waals surface area contributed by atoms with Crippen LogP contribution in [-0.4, -0.2) is 30.3 Å². The Labute approximate surface area is 222 Å². The lowest BCUT2D eigenvalue weighted by Gasteiger charge is -2.16. The van der Waals surface area contributed by atoms with Crippen LogP contribution in [0, 0.1) is 6.92 Å². The van der Waals surface area contributed by atoms with Crippen LogP contribution in [-0.2, 0) is 14.3 Å². The third kappa shape index (κ3) is 5.50. The number of nitrogens with one attached hydrogen (secondary N) is 2. The summed E-state index contributed by atoms with van der Waals surface area (Å²) in [5, 5.41) is 5.75. The van der Waals surface area contributed by atoms with Gasteiger partial charge in [-0.25, -0.2) is 9.69 Å². The highest BCUT2D eigenvalue weighted by atomic mass is 35.5. The van der Waals surface area contributed by atoms with Crippen molar-refractivity contribution in [3.63, 3.8) is 0 Å². The maximum absolute atomic E-state index is 13.0. The summed E-state index contributed by atoms with van der Waals surface area (Å²) >= 11 is 12.3. The van der Waals surface area contributed by atoms with Gasteiger partial charge in [0.2, 0.25) is 0 Å². The molecule has 3 aromatic carbocycles. The largest absolute Gasteiger partial charge is 0.462 e. The van der Waals surface area contributed by atoms with E-state index in [1.54, 1.807) is 61.5 Å². The molecule has 0 fully saturated rings. The molecule has 0 radical (unpaired) electrons. The van der Waals surface area contributed by atoms with E-state index in [0.717, 1.165) is 10.5 Å². The number of esters is 1. The monoisotopic (exact) mass is 537 g/mol. The van der Waals surface area contributed by atoms with Crippen LogP contribution in [0.4, 0.5) is 17.1 Å². The number of carbonyl (C=O) groups excluding carboxylic acids is 4. The number of carbonyl (C=O) groups is 4. The maximum Gasteiger partial charge on any atom is 0.338 e. The van der Waals surface area contributed by atoms with E-state index in [0.29, 0.717) is 33.2 Å². The molecule has 0 bridgehead atoms. The lowest BCUT2D eigenvalue weighted by Crippen LogP contribution is -2.32. The number of aryl methyl sites for hydroxylation is 1. The quantitative estimate of drug-likeness (QED) is 0.304. The standard InChI is InChI=1S/C27H21Cl2N3O5/c1-3-37-27(36)17-5-4-6-19(13-17)31-24(33)16-8-10-18(11-9-16)30-23-22(29)25(34)32(26(23)35)20-12-7-15(2)21(28)14-20/h4-14,30H,3H2,1-2H3,(H,31,33). The zero-order valence-corrected chi connectivity index (χ0v) is 21.3. The fourth-order valence-electron chi connectivity index (χ4n) is 3.56. The van der Waals surface area contributed by atoms with Gasteiger partial charge < -0.3 is 15.4 Å². The fourth-order valence-corrected chi connectivity index (χ4v) is 3.94.